The average molecular weight is 257 g/mol. The number of nitrogens with one attached hydrogen (secondary N) is 2. The zero-order valence-electron chi connectivity index (χ0n) is 11.2. The molecule has 1 aliphatic rings. The molecule has 2 amide bonds. The van der Waals surface area contributed by atoms with Crippen LogP contribution in [0.3, 0.4) is 0 Å². The van der Waals surface area contributed by atoms with Gasteiger partial charge >= 0.3 is 11.8 Å². The molecule has 6 heteroatoms. The van der Waals surface area contributed by atoms with Crippen LogP contribution in [0.1, 0.15) is 20.3 Å². The van der Waals surface area contributed by atoms with E-state index in [1.165, 1.54) is 0 Å². The molecule has 0 aromatic carbocycles. The van der Waals surface area contributed by atoms with Gasteiger partial charge in [-0.3, -0.25) is 14.5 Å². The van der Waals surface area contributed by atoms with Crippen LogP contribution in [0, 0.1) is 0 Å². The van der Waals surface area contributed by atoms with E-state index >= 15 is 0 Å². The highest BCUT2D eigenvalue weighted by Crippen LogP contribution is 1.94. The van der Waals surface area contributed by atoms with Gasteiger partial charge in [0.25, 0.3) is 0 Å². The van der Waals surface area contributed by atoms with Gasteiger partial charge in [0.2, 0.25) is 0 Å². The molecule has 1 unspecified atom stereocenters. The predicted molar refractivity (Wildman–Crippen MR) is 68.2 cm³/mol. The maximum absolute atomic E-state index is 11.5. The van der Waals surface area contributed by atoms with Gasteiger partial charge in [0.1, 0.15) is 0 Å². The zero-order valence-corrected chi connectivity index (χ0v) is 11.2. The lowest BCUT2D eigenvalue weighted by Crippen LogP contribution is -2.46. The molecule has 104 valence electrons. The third-order valence-electron chi connectivity index (χ3n) is 3.01. The molecule has 6 nitrogen and oxygen atoms in total. The highest BCUT2D eigenvalue weighted by atomic mass is 16.5. The SMILES string of the molecule is CCC(C)NC(=O)C(=O)NCCN1CCOCC1. The number of hydrogen-bond acceptors (Lipinski definition) is 4. The minimum absolute atomic E-state index is 0.0301. The molecule has 0 saturated carbocycles. The summed E-state index contributed by atoms with van der Waals surface area (Å²) in [5.41, 5.74) is 0. The van der Waals surface area contributed by atoms with Crippen LogP contribution in [-0.4, -0.2) is 62.1 Å². The van der Waals surface area contributed by atoms with Crippen molar-refractivity contribution in [2.24, 2.45) is 0 Å². The molecule has 1 atom stereocenters. The number of carbonyl (C=O) groups is 2. The van der Waals surface area contributed by atoms with Crippen LogP contribution in [0.5, 0.6) is 0 Å². The lowest BCUT2D eigenvalue weighted by Gasteiger charge is -2.26. The number of nitrogens with zero attached hydrogens (tertiary/aromatic N) is 1. The molecule has 1 fully saturated rings. The largest absolute Gasteiger partial charge is 0.379 e. The summed E-state index contributed by atoms with van der Waals surface area (Å²) in [6.45, 7) is 8.33. The lowest BCUT2D eigenvalue weighted by molar-refractivity contribution is -0.139. The number of amides is 2. The Morgan fingerprint density at radius 2 is 1.94 bits per heavy atom. The van der Waals surface area contributed by atoms with Gasteiger partial charge in [-0.1, -0.05) is 6.92 Å². The molecule has 0 radical (unpaired) electrons. The van der Waals surface area contributed by atoms with E-state index < -0.39 is 11.8 Å². The number of hydrogen-bond donors (Lipinski definition) is 2. The van der Waals surface area contributed by atoms with Gasteiger partial charge in [-0.05, 0) is 13.3 Å². The van der Waals surface area contributed by atoms with Crippen LogP contribution in [-0.2, 0) is 14.3 Å². The molecule has 2 N–H and O–H groups in total. The van der Waals surface area contributed by atoms with Gasteiger partial charge in [0, 0.05) is 32.2 Å². The number of rotatable bonds is 5. The molecule has 1 saturated heterocycles. The highest BCUT2D eigenvalue weighted by molar-refractivity contribution is 6.35. The Balaban J connectivity index is 2.13. The van der Waals surface area contributed by atoms with E-state index in [0.717, 1.165) is 39.3 Å². The summed E-state index contributed by atoms with van der Waals surface area (Å²) < 4.78 is 5.23. The van der Waals surface area contributed by atoms with E-state index in [4.69, 9.17) is 4.74 Å². The summed E-state index contributed by atoms with van der Waals surface area (Å²) in [5, 5.41) is 5.26. The second-order valence-electron chi connectivity index (χ2n) is 4.49. The van der Waals surface area contributed by atoms with E-state index in [1.54, 1.807) is 0 Å². The van der Waals surface area contributed by atoms with Gasteiger partial charge < -0.3 is 15.4 Å². The maximum Gasteiger partial charge on any atom is 0.309 e. The van der Waals surface area contributed by atoms with E-state index in [1.807, 2.05) is 13.8 Å². The molecule has 18 heavy (non-hydrogen) atoms. The topological polar surface area (TPSA) is 70.7 Å². The summed E-state index contributed by atoms with van der Waals surface area (Å²) in [4.78, 5) is 25.1. The number of morpholine rings is 1. The zero-order chi connectivity index (χ0) is 13.4. The van der Waals surface area contributed by atoms with Gasteiger partial charge in [0.15, 0.2) is 0 Å². The minimum Gasteiger partial charge on any atom is -0.379 e. The predicted octanol–water partition coefficient (Wildman–Crippen LogP) is -0.650. The molecule has 1 rings (SSSR count). The fourth-order valence-electron chi connectivity index (χ4n) is 1.62. The fourth-order valence-corrected chi connectivity index (χ4v) is 1.62. The molecule has 1 aliphatic heterocycles. The first kappa shape index (κ1) is 14.9. The molecule has 1 heterocycles. The second-order valence-corrected chi connectivity index (χ2v) is 4.49. The third-order valence-corrected chi connectivity index (χ3v) is 3.01. The first-order valence-electron chi connectivity index (χ1n) is 6.52. The Morgan fingerprint density at radius 3 is 2.56 bits per heavy atom. The summed E-state index contributed by atoms with van der Waals surface area (Å²) in [7, 11) is 0. The van der Waals surface area contributed by atoms with Gasteiger partial charge in [0.05, 0.1) is 13.2 Å². The van der Waals surface area contributed by atoms with Crippen molar-refractivity contribution in [3.8, 4) is 0 Å². The van der Waals surface area contributed by atoms with E-state index in [-0.39, 0.29) is 6.04 Å². The lowest BCUT2D eigenvalue weighted by atomic mass is 10.2. The molecular formula is C12H23N3O3. The second kappa shape index (κ2) is 8.05. The Hall–Kier alpha value is -1.14. The summed E-state index contributed by atoms with van der Waals surface area (Å²) >= 11 is 0. The van der Waals surface area contributed by atoms with Crippen LogP contribution in [0.2, 0.25) is 0 Å². The molecule has 0 aliphatic carbocycles. The van der Waals surface area contributed by atoms with Crippen molar-refractivity contribution in [1.82, 2.24) is 15.5 Å². The Bertz CT molecular complexity index is 278. The van der Waals surface area contributed by atoms with E-state index in [2.05, 4.69) is 15.5 Å². The quantitative estimate of drug-likeness (QED) is 0.642. The monoisotopic (exact) mass is 257 g/mol. The average Bonchev–Trinajstić information content (AvgIpc) is 2.39. The Kier molecular flexibility index (Phi) is 6.67. The van der Waals surface area contributed by atoms with Crippen molar-refractivity contribution in [2.45, 2.75) is 26.3 Å². The van der Waals surface area contributed by atoms with Crippen molar-refractivity contribution in [3.63, 3.8) is 0 Å². The number of carbonyl (C=O) groups excluding carboxylic acids is 2. The van der Waals surface area contributed by atoms with Crippen molar-refractivity contribution in [1.29, 1.82) is 0 Å². The van der Waals surface area contributed by atoms with Crippen molar-refractivity contribution in [3.05, 3.63) is 0 Å². The minimum atomic E-state index is -0.552. The van der Waals surface area contributed by atoms with Gasteiger partial charge in [-0.15, -0.1) is 0 Å². The molecule has 0 spiro atoms. The first-order chi connectivity index (χ1) is 8.63. The highest BCUT2D eigenvalue weighted by Gasteiger charge is 2.15. The molecule has 0 bridgehead atoms. The fraction of sp³-hybridized carbons (Fsp3) is 0.833. The first-order valence-corrected chi connectivity index (χ1v) is 6.52. The Labute approximate surface area is 108 Å². The summed E-state index contributed by atoms with van der Waals surface area (Å²) in [6.07, 6.45) is 0.812. The third kappa shape index (κ3) is 5.46. The van der Waals surface area contributed by atoms with Crippen LogP contribution in [0.4, 0.5) is 0 Å². The summed E-state index contributed by atoms with van der Waals surface area (Å²) in [6, 6.07) is 0.0301. The maximum atomic E-state index is 11.5. The Morgan fingerprint density at radius 1 is 1.28 bits per heavy atom. The smallest absolute Gasteiger partial charge is 0.309 e. The van der Waals surface area contributed by atoms with E-state index in [0.29, 0.717) is 6.54 Å². The standard InChI is InChI=1S/C12H23N3O3/c1-3-10(2)14-12(17)11(16)13-4-5-15-6-8-18-9-7-15/h10H,3-9H2,1-2H3,(H,13,16)(H,14,17). The van der Waals surface area contributed by atoms with Crippen LogP contribution in [0.25, 0.3) is 0 Å². The van der Waals surface area contributed by atoms with Gasteiger partial charge in [-0.2, -0.15) is 0 Å². The van der Waals surface area contributed by atoms with Crippen LogP contribution >= 0.6 is 0 Å². The van der Waals surface area contributed by atoms with Gasteiger partial charge in [-0.25, -0.2) is 0 Å². The number of ether oxygens (including phenoxy) is 1. The normalized spacial score (nSPS) is 18.1. The molecular weight excluding hydrogens is 234 g/mol. The van der Waals surface area contributed by atoms with Crippen LogP contribution in [0.15, 0.2) is 0 Å². The van der Waals surface area contributed by atoms with E-state index in [9.17, 15) is 9.59 Å². The van der Waals surface area contributed by atoms with Crippen molar-refractivity contribution < 1.29 is 14.3 Å². The summed E-state index contributed by atoms with van der Waals surface area (Å²) in [5.74, 6) is -1.10. The van der Waals surface area contributed by atoms with Crippen molar-refractivity contribution in [2.75, 3.05) is 39.4 Å². The molecule has 0 aromatic heterocycles. The van der Waals surface area contributed by atoms with Crippen molar-refractivity contribution >= 4 is 11.8 Å². The van der Waals surface area contributed by atoms with Crippen LogP contribution < -0.4 is 10.6 Å². The molecule has 0 aromatic rings.